The van der Waals surface area contributed by atoms with Gasteiger partial charge in [0.15, 0.2) is 0 Å². The van der Waals surface area contributed by atoms with Gasteiger partial charge in [-0.1, -0.05) is 13.8 Å². The molecule has 5 nitrogen and oxygen atoms in total. The van der Waals surface area contributed by atoms with E-state index < -0.39 is 10.2 Å². The summed E-state index contributed by atoms with van der Waals surface area (Å²) in [5, 5.41) is 0. The van der Waals surface area contributed by atoms with Crippen LogP contribution in [0.4, 0.5) is 0 Å². The molecule has 0 amide bonds. The van der Waals surface area contributed by atoms with E-state index in [9.17, 15) is 8.42 Å². The highest BCUT2D eigenvalue weighted by molar-refractivity contribution is 7.87. The SMILES string of the molecule is CCN(CC)S(=O)(=O)NC(C)CC(C)N. The molecule has 0 fully saturated rings. The number of hydrogen-bond acceptors (Lipinski definition) is 3. The normalized spacial score (nSPS) is 16.7. The molecule has 0 bridgehead atoms. The minimum atomic E-state index is -3.34. The zero-order valence-electron chi connectivity index (χ0n) is 10.0. The van der Waals surface area contributed by atoms with E-state index in [0.717, 1.165) is 0 Å². The van der Waals surface area contributed by atoms with Crippen molar-refractivity contribution < 1.29 is 8.42 Å². The van der Waals surface area contributed by atoms with Crippen LogP contribution in [-0.2, 0) is 10.2 Å². The van der Waals surface area contributed by atoms with E-state index in [-0.39, 0.29) is 12.1 Å². The third kappa shape index (κ3) is 5.46. The summed E-state index contributed by atoms with van der Waals surface area (Å²) in [7, 11) is -3.34. The molecule has 2 atom stereocenters. The summed E-state index contributed by atoms with van der Waals surface area (Å²) < 4.78 is 27.5. The van der Waals surface area contributed by atoms with Crippen LogP contribution in [0.15, 0.2) is 0 Å². The summed E-state index contributed by atoms with van der Waals surface area (Å²) in [4.78, 5) is 0. The van der Waals surface area contributed by atoms with E-state index >= 15 is 0 Å². The highest BCUT2D eigenvalue weighted by atomic mass is 32.2. The number of nitrogens with zero attached hydrogens (tertiary/aromatic N) is 1. The summed E-state index contributed by atoms with van der Waals surface area (Å²) in [6.45, 7) is 8.29. The lowest BCUT2D eigenvalue weighted by atomic mass is 10.1. The first kappa shape index (κ1) is 14.8. The van der Waals surface area contributed by atoms with Gasteiger partial charge in [-0.15, -0.1) is 0 Å². The first-order chi connectivity index (χ1) is 6.83. The van der Waals surface area contributed by atoms with Gasteiger partial charge in [-0.2, -0.15) is 17.4 Å². The zero-order chi connectivity index (χ0) is 12.1. The highest BCUT2D eigenvalue weighted by Gasteiger charge is 2.20. The lowest BCUT2D eigenvalue weighted by Crippen LogP contribution is -2.45. The molecule has 15 heavy (non-hydrogen) atoms. The molecule has 6 heteroatoms. The Bertz CT molecular complexity index is 261. The number of hydrogen-bond donors (Lipinski definition) is 2. The Balaban J connectivity index is 4.36. The molecule has 0 saturated heterocycles. The first-order valence-electron chi connectivity index (χ1n) is 5.36. The second kappa shape index (κ2) is 6.42. The molecule has 0 aromatic rings. The average Bonchev–Trinajstić information content (AvgIpc) is 2.02. The molecule has 0 aliphatic heterocycles. The van der Waals surface area contributed by atoms with Gasteiger partial charge in [-0.05, 0) is 20.3 Å². The third-order valence-electron chi connectivity index (χ3n) is 2.12. The van der Waals surface area contributed by atoms with Crippen molar-refractivity contribution in [2.45, 2.75) is 46.2 Å². The van der Waals surface area contributed by atoms with Crippen LogP contribution in [-0.4, -0.2) is 37.9 Å². The van der Waals surface area contributed by atoms with Crippen molar-refractivity contribution in [2.24, 2.45) is 5.73 Å². The van der Waals surface area contributed by atoms with Crippen LogP contribution in [0.25, 0.3) is 0 Å². The molecule has 0 heterocycles. The quantitative estimate of drug-likeness (QED) is 0.668. The van der Waals surface area contributed by atoms with Gasteiger partial charge in [0.25, 0.3) is 10.2 Å². The second-order valence-electron chi connectivity index (χ2n) is 3.82. The van der Waals surface area contributed by atoms with Gasteiger partial charge in [0.1, 0.15) is 0 Å². The molecular weight excluding hydrogens is 214 g/mol. The fourth-order valence-corrected chi connectivity index (χ4v) is 2.93. The van der Waals surface area contributed by atoms with Gasteiger partial charge in [0.05, 0.1) is 0 Å². The van der Waals surface area contributed by atoms with Crippen molar-refractivity contribution in [3.8, 4) is 0 Å². The number of rotatable bonds is 7. The Labute approximate surface area is 93.2 Å². The van der Waals surface area contributed by atoms with E-state index in [0.29, 0.717) is 19.5 Å². The lowest BCUT2D eigenvalue weighted by molar-refractivity contribution is 0.421. The topological polar surface area (TPSA) is 75.4 Å². The molecule has 3 N–H and O–H groups in total. The Morgan fingerprint density at radius 2 is 1.73 bits per heavy atom. The summed E-state index contributed by atoms with van der Waals surface area (Å²) in [5.74, 6) is 0. The molecule has 2 unspecified atom stereocenters. The van der Waals surface area contributed by atoms with E-state index in [2.05, 4.69) is 4.72 Å². The van der Waals surface area contributed by atoms with Crippen LogP contribution in [0, 0.1) is 0 Å². The van der Waals surface area contributed by atoms with Crippen LogP contribution < -0.4 is 10.5 Å². The fraction of sp³-hybridized carbons (Fsp3) is 1.00. The number of nitrogens with two attached hydrogens (primary N) is 1. The molecule has 0 aliphatic rings. The largest absolute Gasteiger partial charge is 0.328 e. The molecular formula is C9H23N3O2S. The maximum Gasteiger partial charge on any atom is 0.279 e. The third-order valence-corrected chi connectivity index (χ3v) is 4.02. The molecule has 0 radical (unpaired) electrons. The predicted octanol–water partition coefficient (Wildman–Crippen LogP) is 0.288. The molecule has 0 aromatic carbocycles. The van der Waals surface area contributed by atoms with Crippen molar-refractivity contribution in [2.75, 3.05) is 13.1 Å². The summed E-state index contributed by atoms with van der Waals surface area (Å²) in [5.41, 5.74) is 5.60. The van der Waals surface area contributed by atoms with Crippen molar-refractivity contribution in [3.63, 3.8) is 0 Å². The van der Waals surface area contributed by atoms with Crippen LogP contribution in [0.3, 0.4) is 0 Å². The van der Waals surface area contributed by atoms with Crippen molar-refractivity contribution >= 4 is 10.2 Å². The van der Waals surface area contributed by atoms with E-state index in [1.54, 1.807) is 0 Å². The van der Waals surface area contributed by atoms with Gasteiger partial charge in [0.2, 0.25) is 0 Å². The Hall–Kier alpha value is -0.170. The van der Waals surface area contributed by atoms with Crippen molar-refractivity contribution in [3.05, 3.63) is 0 Å². The van der Waals surface area contributed by atoms with E-state index in [1.165, 1.54) is 4.31 Å². The summed E-state index contributed by atoms with van der Waals surface area (Å²) in [6, 6.07) is -0.130. The minimum Gasteiger partial charge on any atom is -0.328 e. The minimum absolute atomic E-state index is 0.000553. The van der Waals surface area contributed by atoms with Gasteiger partial charge in [-0.25, -0.2) is 0 Å². The summed E-state index contributed by atoms with van der Waals surface area (Å²) in [6.07, 6.45) is 0.639. The van der Waals surface area contributed by atoms with E-state index in [1.807, 2.05) is 27.7 Å². The predicted molar refractivity (Wildman–Crippen MR) is 62.7 cm³/mol. The highest BCUT2D eigenvalue weighted by Crippen LogP contribution is 2.02. The molecule has 0 aromatic heterocycles. The second-order valence-corrected chi connectivity index (χ2v) is 5.52. The lowest BCUT2D eigenvalue weighted by Gasteiger charge is -2.22. The van der Waals surface area contributed by atoms with Gasteiger partial charge < -0.3 is 5.73 Å². The number of nitrogens with one attached hydrogen (secondary N) is 1. The standard InChI is InChI=1S/C9H23N3O2S/c1-5-12(6-2)15(13,14)11-9(4)7-8(3)10/h8-9,11H,5-7,10H2,1-4H3. The smallest absolute Gasteiger partial charge is 0.279 e. The fourth-order valence-electron chi connectivity index (χ4n) is 1.50. The Morgan fingerprint density at radius 1 is 1.27 bits per heavy atom. The Kier molecular flexibility index (Phi) is 6.35. The van der Waals surface area contributed by atoms with Crippen LogP contribution >= 0.6 is 0 Å². The molecule has 0 rings (SSSR count). The molecule has 0 aliphatic carbocycles. The molecule has 0 spiro atoms. The van der Waals surface area contributed by atoms with Crippen LogP contribution in [0.5, 0.6) is 0 Å². The zero-order valence-corrected chi connectivity index (χ0v) is 10.8. The maximum atomic E-state index is 11.8. The molecule has 92 valence electrons. The van der Waals surface area contributed by atoms with Gasteiger partial charge in [0, 0.05) is 25.2 Å². The van der Waals surface area contributed by atoms with Crippen LogP contribution in [0.1, 0.15) is 34.1 Å². The van der Waals surface area contributed by atoms with Crippen molar-refractivity contribution in [1.29, 1.82) is 0 Å². The first-order valence-corrected chi connectivity index (χ1v) is 6.80. The van der Waals surface area contributed by atoms with Crippen LogP contribution in [0.2, 0.25) is 0 Å². The average molecular weight is 237 g/mol. The summed E-state index contributed by atoms with van der Waals surface area (Å²) >= 11 is 0. The monoisotopic (exact) mass is 237 g/mol. The molecule has 0 saturated carbocycles. The van der Waals surface area contributed by atoms with E-state index in [4.69, 9.17) is 5.73 Å². The Morgan fingerprint density at radius 3 is 2.07 bits per heavy atom. The van der Waals surface area contributed by atoms with Gasteiger partial charge >= 0.3 is 0 Å². The van der Waals surface area contributed by atoms with Crippen molar-refractivity contribution in [1.82, 2.24) is 9.03 Å². The van der Waals surface area contributed by atoms with Gasteiger partial charge in [-0.3, -0.25) is 0 Å². The maximum absolute atomic E-state index is 11.8.